The Morgan fingerprint density at radius 1 is 0.636 bits per heavy atom. The van der Waals surface area contributed by atoms with Crippen molar-refractivity contribution in [1.29, 1.82) is 0 Å². The maximum absolute atomic E-state index is 5.26. The molecule has 0 aromatic rings. The molecule has 0 atom stereocenters. The van der Waals surface area contributed by atoms with Gasteiger partial charge in [0.1, 0.15) is 19.5 Å². The molecule has 4 nitrogen and oxygen atoms in total. The second-order valence-corrected chi connectivity index (χ2v) is 10.1. The lowest BCUT2D eigenvalue weighted by molar-refractivity contribution is 0.406. The van der Waals surface area contributed by atoms with Gasteiger partial charge in [0.05, 0.1) is 0 Å². The lowest BCUT2D eigenvalue weighted by Gasteiger charge is -2.04. The molecule has 0 radical (unpaired) electrons. The highest BCUT2D eigenvalue weighted by molar-refractivity contribution is 6.47. The van der Waals surface area contributed by atoms with Gasteiger partial charge in [-0.3, -0.25) is 0 Å². The van der Waals surface area contributed by atoms with Crippen molar-refractivity contribution in [1.82, 2.24) is 0 Å². The van der Waals surface area contributed by atoms with E-state index in [1.54, 1.807) is 0 Å². The monoisotopic (exact) mass is 244 g/mol. The fourth-order valence-corrected chi connectivity index (χ4v) is 6.89. The first-order valence-electron chi connectivity index (χ1n) is 3.72. The van der Waals surface area contributed by atoms with Gasteiger partial charge in [-0.2, -0.15) is 0 Å². The number of rotatable bonds is 8. The van der Waals surface area contributed by atoms with E-state index in [1.165, 1.54) is 0 Å². The van der Waals surface area contributed by atoms with Crippen LogP contribution in [0.5, 0.6) is 0 Å². The van der Waals surface area contributed by atoms with Crippen molar-refractivity contribution in [3.05, 3.63) is 0 Å². The van der Waals surface area contributed by atoms with Crippen molar-refractivity contribution in [2.24, 2.45) is 0 Å². The van der Waals surface area contributed by atoms with Crippen LogP contribution in [0.15, 0.2) is 0 Å². The summed E-state index contributed by atoms with van der Waals surface area (Å²) in [4.78, 5) is 0. The molecule has 0 fully saturated rings. The van der Waals surface area contributed by atoms with E-state index in [9.17, 15) is 0 Å². The standard InChI is InChI=1S/C2H16O4Si5/c1-7-3-9-5-11-6-10-4-8-2/h7-11H2,1-2H3. The Morgan fingerprint density at radius 3 is 1.36 bits per heavy atom. The topological polar surface area (TPSA) is 36.9 Å². The molecule has 68 valence electrons. The molecule has 0 aliphatic heterocycles. The minimum Gasteiger partial charge on any atom is -0.447 e. The Labute approximate surface area is 79.4 Å². The average Bonchev–Trinajstić information content (AvgIpc) is 2.03. The second kappa shape index (κ2) is 10.9. The molecule has 0 unspecified atom stereocenters. The largest absolute Gasteiger partial charge is 0.447 e. The summed E-state index contributed by atoms with van der Waals surface area (Å²) < 4.78 is 21.0. The van der Waals surface area contributed by atoms with Crippen LogP contribution in [0.2, 0.25) is 13.1 Å². The van der Waals surface area contributed by atoms with Gasteiger partial charge in [-0.25, -0.2) is 0 Å². The van der Waals surface area contributed by atoms with E-state index < -0.39 is 30.0 Å². The van der Waals surface area contributed by atoms with Crippen LogP contribution in [0.25, 0.3) is 0 Å². The number of hydrogen-bond acceptors (Lipinski definition) is 4. The minimum atomic E-state index is -0.711. The van der Waals surface area contributed by atoms with Crippen LogP contribution in [0.3, 0.4) is 0 Å². The predicted molar refractivity (Wildman–Crippen MR) is 58.8 cm³/mol. The first-order chi connectivity index (χ1) is 5.41. The van der Waals surface area contributed by atoms with Gasteiger partial charge in [0, 0.05) is 0 Å². The fourth-order valence-electron chi connectivity index (χ4n) is 0.411. The van der Waals surface area contributed by atoms with E-state index in [0.29, 0.717) is 0 Å². The summed E-state index contributed by atoms with van der Waals surface area (Å²) in [5, 5.41) is 0. The zero-order chi connectivity index (χ0) is 8.36. The molecular formula is C2H16O4Si5. The smallest absolute Gasteiger partial charge is 0.286 e. The van der Waals surface area contributed by atoms with Gasteiger partial charge in [-0.05, 0) is 0 Å². The van der Waals surface area contributed by atoms with Gasteiger partial charge in [0.25, 0.3) is 30.0 Å². The normalized spacial score (nSPS) is 15.8. The SMILES string of the molecule is C[SiH2]O[SiH2]O[SiH2]O[SiH2]O[SiH2]C. The molecule has 0 saturated carbocycles. The van der Waals surface area contributed by atoms with Crippen LogP contribution >= 0.6 is 0 Å². The van der Waals surface area contributed by atoms with Crippen LogP contribution in [0.1, 0.15) is 0 Å². The van der Waals surface area contributed by atoms with Crippen molar-refractivity contribution in [3.63, 3.8) is 0 Å². The van der Waals surface area contributed by atoms with Crippen LogP contribution in [-0.2, 0) is 16.5 Å². The first-order valence-corrected chi connectivity index (χ1v) is 11.2. The molecule has 9 heteroatoms. The summed E-state index contributed by atoms with van der Waals surface area (Å²) in [6.07, 6.45) is 0. The van der Waals surface area contributed by atoms with Crippen molar-refractivity contribution in [3.8, 4) is 0 Å². The fraction of sp³-hybridized carbons (Fsp3) is 1.00. The van der Waals surface area contributed by atoms with E-state index in [1.807, 2.05) is 0 Å². The Bertz CT molecular complexity index is 65.5. The van der Waals surface area contributed by atoms with Crippen molar-refractivity contribution >= 4 is 49.5 Å². The van der Waals surface area contributed by atoms with E-state index in [-0.39, 0.29) is 19.5 Å². The van der Waals surface area contributed by atoms with Crippen molar-refractivity contribution in [2.75, 3.05) is 0 Å². The van der Waals surface area contributed by atoms with Gasteiger partial charge in [-0.15, -0.1) is 0 Å². The van der Waals surface area contributed by atoms with Crippen LogP contribution in [0.4, 0.5) is 0 Å². The molecule has 0 spiro atoms. The van der Waals surface area contributed by atoms with Crippen molar-refractivity contribution in [2.45, 2.75) is 13.1 Å². The van der Waals surface area contributed by atoms with E-state index >= 15 is 0 Å². The third-order valence-corrected chi connectivity index (χ3v) is 8.17. The molecule has 0 aromatic carbocycles. The third kappa shape index (κ3) is 10.9. The van der Waals surface area contributed by atoms with E-state index in [0.717, 1.165) is 0 Å². The maximum atomic E-state index is 5.26. The lowest BCUT2D eigenvalue weighted by Crippen LogP contribution is -2.16. The van der Waals surface area contributed by atoms with Gasteiger partial charge in [0.15, 0.2) is 0 Å². The summed E-state index contributed by atoms with van der Waals surface area (Å²) in [6.45, 7) is 4.22. The van der Waals surface area contributed by atoms with E-state index in [2.05, 4.69) is 13.1 Å². The number of hydrogen-bond donors (Lipinski definition) is 0. The molecule has 0 heterocycles. The molecule has 0 amide bonds. The first kappa shape index (κ1) is 11.9. The van der Waals surface area contributed by atoms with Crippen LogP contribution < -0.4 is 0 Å². The summed E-state index contributed by atoms with van der Waals surface area (Å²) in [6, 6.07) is 0. The quantitative estimate of drug-likeness (QED) is 0.326. The van der Waals surface area contributed by atoms with Gasteiger partial charge in [-0.1, -0.05) is 13.1 Å². The molecule has 0 aliphatic carbocycles. The predicted octanol–water partition coefficient (Wildman–Crippen LogP) is -3.69. The molecule has 0 rings (SSSR count). The Hall–Kier alpha value is 0.924. The zero-order valence-electron chi connectivity index (χ0n) is 7.17. The van der Waals surface area contributed by atoms with Crippen LogP contribution in [-0.4, -0.2) is 49.5 Å². The third-order valence-electron chi connectivity index (χ3n) is 0.908. The highest BCUT2D eigenvalue weighted by Crippen LogP contribution is 1.73. The summed E-state index contributed by atoms with van der Waals surface area (Å²) in [7, 11) is -2.48. The molecule has 11 heavy (non-hydrogen) atoms. The summed E-state index contributed by atoms with van der Waals surface area (Å²) in [5.74, 6) is 0. The van der Waals surface area contributed by atoms with Gasteiger partial charge < -0.3 is 16.5 Å². The Balaban J connectivity index is 2.69. The molecular weight excluding hydrogens is 228 g/mol. The lowest BCUT2D eigenvalue weighted by atomic mass is 11.9. The minimum absolute atomic E-state index is 0.240. The molecule has 0 N–H and O–H groups in total. The van der Waals surface area contributed by atoms with Crippen molar-refractivity contribution < 1.29 is 16.5 Å². The highest BCUT2D eigenvalue weighted by atomic mass is 28.4. The van der Waals surface area contributed by atoms with Crippen LogP contribution in [0, 0.1) is 0 Å². The average molecular weight is 245 g/mol. The van der Waals surface area contributed by atoms with E-state index in [4.69, 9.17) is 16.5 Å². The Kier molecular flexibility index (Phi) is 11.8. The Morgan fingerprint density at radius 2 is 1.00 bits per heavy atom. The molecule has 0 bridgehead atoms. The summed E-state index contributed by atoms with van der Waals surface area (Å²) >= 11 is 0. The van der Waals surface area contributed by atoms with Gasteiger partial charge in [0.2, 0.25) is 0 Å². The van der Waals surface area contributed by atoms with Gasteiger partial charge >= 0.3 is 0 Å². The maximum Gasteiger partial charge on any atom is 0.286 e. The molecule has 0 aliphatic rings. The summed E-state index contributed by atoms with van der Waals surface area (Å²) in [5.41, 5.74) is 0. The molecule has 0 aromatic heterocycles. The molecule has 0 saturated heterocycles. The highest BCUT2D eigenvalue weighted by Gasteiger charge is 1.89. The zero-order valence-corrected chi connectivity index (χ0v) is 14.2. The second-order valence-electron chi connectivity index (χ2n) is 1.75.